The number of carboxylic acid groups (broad SMARTS) is 1. The molecule has 0 atom stereocenters. The molecule has 3 nitrogen and oxygen atoms in total. The Bertz CT molecular complexity index is 444. The molecule has 0 spiro atoms. The van der Waals surface area contributed by atoms with E-state index in [4.69, 9.17) is 21.4 Å². The minimum atomic E-state index is -1.01. The van der Waals surface area contributed by atoms with Gasteiger partial charge in [-0.1, -0.05) is 11.6 Å². The Morgan fingerprint density at radius 3 is 2.59 bits per heavy atom. The van der Waals surface area contributed by atoms with Crippen LogP contribution in [0.3, 0.4) is 0 Å². The molecule has 5 heteroatoms. The Hall–Kier alpha value is -1.29. The molecule has 94 valence electrons. The third-order valence-corrected chi connectivity index (χ3v) is 2.78. The number of carboxylic acids is 1. The first-order valence-corrected chi connectivity index (χ1v) is 5.41. The van der Waals surface area contributed by atoms with Crippen molar-refractivity contribution >= 4 is 17.6 Å². The highest BCUT2D eigenvalue weighted by molar-refractivity contribution is 6.32. The first-order valence-electron chi connectivity index (χ1n) is 5.03. The van der Waals surface area contributed by atoms with E-state index in [1.54, 1.807) is 13.8 Å². The van der Waals surface area contributed by atoms with Crippen molar-refractivity contribution in [2.75, 3.05) is 7.11 Å². The van der Waals surface area contributed by atoms with Gasteiger partial charge in [0.25, 0.3) is 0 Å². The zero-order valence-electron chi connectivity index (χ0n) is 9.88. The summed E-state index contributed by atoms with van der Waals surface area (Å²) in [5.74, 6) is -1.14. The van der Waals surface area contributed by atoms with Crippen LogP contribution in [0.1, 0.15) is 19.4 Å². The van der Waals surface area contributed by atoms with Crippen molar-refractivity contribution in [2.24, 2.45) is 5.41 Å². The van der Waals surface area contributed by atoms with Crippen molar-refractivity contribution in [2.45, 2.75) is 20.3 Å². The Morgan fingerprint density at radius 1 is 1.53 bits per heavy atom. The van der Waals surface area contributed by atoms with E-state index in [9.17, 15) is 9.18 Å². The van der Waals surface area contributed by atoms with Crippen molar-refractivity contribution in [3.8, 4) is 5.75 Å². The predicted molar refractivity (Wildman–Crippen MR) is 63.1 cm³/mol. The van der Waals surface area contributed by atoms with Crippen LogP contribution < -0.4 is 4.74 Å². The average Bonchev–Trinajstić information content (AvgIpc) is 2.15. The molecular weight excluding hydrogens is 247 g/mol. The number of hydrogen-bond acceptors (Lipinski definition) is 2. The zero-order valence-corrected chi connectivity index (χ0v) is 10.6. The Morgan fingerprint density at radius 2 is 2.12 bits per heavy atom. The van der Waals surface area contributed by atoms with Gasteiger partial charge in [0.1, 0.15) is 11.6 Å². The van der Waals surface area contributed by atoms with E-state index < -0.39 is 17.2 Å². The van der Waals surface area contributed by atoms with E-state index in [1.807, 2.05) is 0 Å². The molecule has 0 saturated heterocycles. The van der Waals surface area contributed by atoms with E-state index in [-0.39, 0.29) is 11.4 Å². The molecule has 0 aliphatic heterocycles. The number of methoxy groups -OCH3 is 1. The van der Waals surface area contributed by atoms with Crippen molar-refractivity contribution in [3.63, 3.8) is 0 Å². The topological polar surface area (TPSA) is 46.5 Å². The summed E-state index contributed by atoms with van der Waals surface area (Å²) in [6.07, 6.45) is 0.142. The fourth-order valence-electron chi connectivity index (χ4n) is 1.53. The molecule has 0 unspecified atom stereocenters. The monoisotopic (exact) mass is 260 g/mol. The Balaban J connectivity index is 3.18. The molecule has 0 heterocycles. The molecular formula is C12H14ClFO3. The number of benzene rings is 1. The summed E-state index contributed by atoms with van der Waals surface area (Å²) in [6, 6.07) is 2.38. The number of rotatable bonds is 4. The first-order chi connectivity index (χ1) is 7.77. The van der Waals surface area contributed by atoms with Gasteiger partial charge in [-0.3, -0.25) is 4.79 Å². The van der Waals surface area contributed by atoms with Crippen molar-refractivity contribution < 1.29 is 19.0 Å². The molecule has 0 aliphatic rings. The molecule has 0 radical (unpaired) electrons. The van der Waals surface area contributed by atoms with Crippen LogP contribution in [0.25, 0.3) is 0 Å². The maximum Gasteiger partial charge on any atom is 0.309 e. The molecule has 1 N–H and O–H groups in total. The van der Waals surface area contributed by atoms with Crippen LogP contribution in [-0.4, -0.2) is 18.2 Å². The number of aliphatic carboxylic acids is 1. The second-order valence-electron chi connectivity index (χ2n) is 4.45. The third kappa shape index (κ3) is 3.09. The zero-order chi connectivity index (χ0) is 13.2. The minimum Gasteiger partial charge on any atom is -0.495 e. The van der Waals surface area contributed by atoms with Gasteiger partial charge in [0.05, 0.1) is 17.5 Å². The van der Waals surface area contributed by atoms with Crippen LogP contribution in [0.4, 0.5) is 4.39 Å². The highest BCUT2D eigenvalue weighted by Crippen LogP contribution is 2.34. The van der Waals surface area contributed by atoms with Gasteiger partial charge in [-0.05, 0) is 38.0 Å². The number of hydrogen-bond donors (Lipinski definition) is 1. The Labute approximate surface area is 104 Å². The summed E-state index contributed by atoms with van der Waals surface area (Å²) in [6.45, 7) is 3.13. The summed E-state index contributed by atoms with van der Waals surface area (Å²) in [5, 5.41) is 9.18. The van der Waals surface area contributed by atoms with Gasteiger partial charge in [0, 0.05) is 0 Å². The molecule has 0 saturated carbocycles. The smallest absolute Gasteiger partial charge is 0.309 e. The lowest BCUT2D eigenvalue weighted by atomic mass is 9.85. The molecule has 0 fully saturated rings. The minimum absolute atomic E-state index is 0.142. The normalized spacial score (nSPS) is 11.4. The fourth-order valence-corrected chi connectivity index (χ4v) is 1.83. The van der Waals surface area contributed by atoms with Crippen LogP contribution in [0.2, 0.25) is 5.02 Å². The third-order valence-electron chi connectivity index (χ3n) is 2.50. The van der Waals surface area contributed by atoms with Gasteiger partial charge in [-0.15, -0.1) is 0 Å². The van der Waals surface area contributed by atoms with E-state index in [1.165, 1.54) is 13.2 Å². The van der Waals surface area contributed by atoms with Gasteiger partial charge in [0.15, 0.2) is 0 Å². The highest BCUT2D eigenvalue weighted by atomic mass is 35.5. The largest absolute Gasteiger partial charge is 0.495 e. The van der Waals surface area contributed by atoms with E-state index in [0.717, 1.165) is 6.07 Å². The summed E-state index contributed by atoms with van der Waals surface area (Å²) in [7, 11) is 1.41. The van der Waals surface area contributed by atoms with Crippen molar-refractivity contribution in [3.05, 3.63) is 28.5 Å². The van der Waals surface area contributed by atoms with E-state index in [2.05, 4.69) is 0 Å². The van der Waals surface area contributed by atoms with Crippen molar-refractivity contribution in [1.82, 2.24) is 0 Å². The lowest BCUT2D eigenvalue weighted by molar-refractivity contribution is -0.146. The molecule has 17 heavy (non-hydrogen) atoms. The molecule has 1 rings (SSSR count). The molecule has 0 aromatic heterocycles. The number of halogens is 2. The molecule has 0 bridgehead atoms. The number of ether oxygens (including phenoxy) is 1. The van der Waals surface area contributed by atoms with Crippen LogP contribution >= 0.6 is 11.6 Å². The van der Waals surface area contributed by atoms with Crippen LogP contribution in [0, 0.1) is 11.2 Å². The van der Waals surface area contributed by atoms with Gasteiger partial charge in [-0.2, -0.15) is 0 Å². The first kappa shape index (κ1) is 13.8. The van der Waals surface area contributed by atoms with Gasteiger partial charge >= 0.3 is 5.97 Å². The number of carbonyl (C=O) groups is 1. The maximum absolute atomic E-state index is 13.2. The van der Waals surface area contributed by atoms with E-state index in [0.29, 0.717) is 11.3 Å². The average molecular weight is 261 g/mol. The second kappa shape index (κ2) is 4.92. The summed E-state index contributed by atoms with van der Waals surface area (Å²) in [5.41, 5.74) is -0.561. The fraction of sp³-hybridized carbons (Fsp3) is 0.417. The maximum atomic E-state index is 13.2. The lowest BCUT2D eigenvalue weighted by Crippen LogP contribution is -2.26. The molecule has 1 aromatic rings. The molecule has 0 aliphatic carbocycles. The lowest BCUT2D eigenvalue weighted by Gasteiger charge is -2.21. The van der Waals surface area contributed by atoms with E-state index >= 15 is 0 Å². The summed E-state index contributed by atoms with van der Waals surface area (Å²) < 4.78 is 18.3. The van der Waals surface area contributed by atoms with Crippen molar-refractivity contribution in [1.29, 1.82) is 0 Å². The molecule has 0 amide bonds. The van der Waals surface area contributed by atoms with Crippen LogP contribution in [-0.2, 0) is 11.2 Å². The van der Waals surface area contributed by atoms with Crippen LogP contribution in [0.15, 0.2) is 12.1 Å². The predicted octanol–water partition coefficient (Wildman–Crippen LogP) is 3.14. The summed E-state index contributed by atoms with van der Waals surface area (Å²) in [4.78, 5) is 11.0. The van der Waals surface area contributed by atoms with Gasteiger partial charge < -0.3 is 9.84 Å². The van der Waals surface area contributed by atoms with Gasteiger partial charge in [0.2, 0.25) is 0 Å². The Kier molecular flexibility index (Phi) is 3.98. The standard InChI is InChI=1S/C12H14ClFO3/c1-12(2,11(15)16)6-7-4-8(14)5-9(13)10(7)17-3/h4-5H,6H2,1-3H3,(H,15,16). The summed E-state index contributed by atoms with van der Waals surface area (Å²) >= 11 is 5.83. The second-order valence-corrected chi connectivity index (χ2v) is 4.85. The molecule has 1 aromatic carbocycles. The quantitative estimate of drug-likeness (QED) is 0.905. The highest BCUT2D eigenvalue weighted by Gasteiger charge is 2.29. The van der Waals surface area contributed by atoms with Gasteiger partial charge in [-0.25, -0.2) is 4.39 Å². The SMILES string of the molecule is COc1c(Cl)cc(F)cc1CC(C)(C)C(=O)O. The van der Waals surface area contributed by atoms with Crippen LogP contribution in [0.5, 0.6) is 5.75 Å².